The molecule has 0 aromatic heterocycles. The first-order valence-corrected chi connectivity index (χ1v) is 15.5. The highest BCUT2D eigenvalue weighted by Crippen LogP contribution is 2.11. The van der Waals surface area contributed by atoms with Gasteiger partial charge in [0.2, 0.25) is 35.4 Å². The lowest BCUT2D eigenvalue weighted by Gasteiger charge is -2.27. The Morgan fingerprint density at radius 2 is 1.64 bits per heavy atom. The standard InChI is InChI=1S/C31H49N7O6/c1-20(2)17-25-31(44)38-26(18-22-11-5-4-6-12-22)28(41)34-19-27(40)33-16-10-8-14-24(30(43)37-25)36-29(42)23(35-21(3)39)13-7-9-15-32/h4-6,11-12,20,23-26H,7-10,13-19,32H2,1-3H3,(H,33,40)(H,34,41)(H,35,39)(H,36,42)(H,37,43)(H,38,44)/t23-,24-,25-,26-/m0/s1. The first-order valence-electron chi connectivity index (χ1n) is 15.5. The van der Waals surface area contributed by atoms with Gasteiger partial charge < -0.3 is 37.6 Å². The normalized spacial score (nSPS) is 21.3. The lowest BCUT2D eigenvalue weighted by Crippen LogP contribution is -2.59. The average molecular weight is 616 g/mol. The fraction of sp³-hybridized carbons (Fsp3) is 0.613. The zero-order valence-electron chi connectivity index (χ0n) is 26.1. The van der Waals surface area contributed by atoms with Crippen molar-refractivity contribution in [2.75, 3.05) is 19.6 Å². The van der Waals surface area contributed by atoms with Crippen molar-refractivity contribution in [2.24, 2.45) is 11.7 Å². The molecule has 0 spiro atoms. The largest absolute Gasteiger partial charge is 0.355 e. The number of benzene rings is 1. The SMILES string of the molecule is CC(=O)N[C@@H](CCCCN)C(=O)N[C@H]1CCCCNC(=O)CNC(=O)[C@H](Cc2ccccc2)NC(=O)[C@H](CC(C)C)NC1=O. The summed E-state index contributed by atoms with van der Waals surface area (Å²) in [6.07, 6.45) is 3.33. The summed E-state index contributed by atoms with van der Waals surface area (Å²) in [7, 11) is 0. The minimum atomic E-state index is -1.00. The van der Waals surface area contributed by atoms with Gasteiger partial charge in [-0.15, -0.1) is 0 Å². The summed E-state index contributed by atoms with van der Waals surface area (Å²) < 4.78 is 0. The van der Waals surface area contributed by atoms with Crippen molar-refractivity contribution in [1.82, 2.24) is 31.9 Å². The van der Waals surface area contributed by atoms with Crippen LogP contribution >= 0.6 is 0 Å². The summed E-state index contributed by atoms with van der Waals surface area (Å²) in [5.41, 5.74) is 6.39. The van der Waals surface area contributed by atoms with Crippen LogP contribution in [0.2, 0.25) is 0 Å². The van der Waals surface area contributed by atoms with E-state index >= 15 is 0 Å². The van der Waals surface area contributed by atoms with Gasteiger partial charge in [0.25, 0.3) is 0 Å². The van der Waals surface area contributed by atoms with Gasteiger partial charge in [0, 0.05) is 19.9 Å². The summed E-state index contributed by atoms with van der Waals surface area (Å²) in [5.74, 6) is -2.88. The van der Waals surface area contributed by atoms with Crippen LogP contribution in [-0.4, -0.2) is 79.2 Å². The fourth-order valence-electron chi connectivity index (χ4n) is 4.91. The Balaban J connectivity index is 2.32. The van der Waals surface area contributed by atoms with Gasteiger partial charge in [-0.05, 0) is 63.0 Å². The number of carbonyl (C=O) groups excluding carboxylic acids is 6. The topological polar surface area (TPSA) is 201 Å². The molecule has 1 aromatic carbocycles. The molecule has 13 nitrogen and oxygen atoms in total. The number of unbranched alkanes of at least 4 members (excludes halogenated alkanes) is 1. The van der Waals surface area contributed by atoms with Crippen molar-refractivity contribution >= 4 is 35.4 Å². The number of amides is 6. The molecular formula is C31H49N7O6. The third-order valence-corrected chi connectivity index (χ3v) is 7.19. The minimum Gasteiger partial charge on any atom is -0.355 e. The molecule has 4 atom stereocenters. The molecule has 244 valence electrons. The molecule has 13 heteroatoms. The summed E-state index contributed by atoms with van der Waals surface area (Å²) in [6, 6.07) is 5.31. The van der Waals surface area contributed by atoms with Crippen LogP contribution in [0.5, 0.6) is 0 Å². The van der Waals surface area contributed by atoms with Gasteiger partial charge in [-0.25, -0.2) is 0 Å². The quantitative estimate of drug-likeness (QED) is 0.167. The molecule has 1 aromatic rings. The van der Waals surface area contributed by atoms with Gasteiger partial charge in [0.15, 0.2) is 0 Å². The highest BCUT2D eigenvalue weighted by atomic mass is 16.2. The van der Waals surface area contributed by atoms with Gasteiger partial charge in [0.1, 0.15) is 24.2 Å². The number of hydrogen-bond acceptors (Lipinski definition) is 7. The van der Waals surface area contributed by atoms with Crippen molar-refractivity contribution in [3.8, 4) is 0 Å². The predicted molar refractivity (Wildman–Crippen MR) is 166 cm³/mol. The van der Waals surface area contributed by atoms with E-state index in [4.69, 9.17) is 5.73 Å². The molecular weight excluding hydrogens is 566 g/mol. The van der Waals surface area contributed by atoms with Crippen molar-refractivity contribution in [3.05, 3.63) is 35.9 Å². The molecule has 6 amide bonds. The van der Waals surface area contributed by atoms with E-state index in [-0.39, 0.29) is 43.5 Å². The second kappa shape index (κ2) is 19.3. The summed E-state index contributed by atoms with van der Waals surface area (Å²) in [4.78, 5) is 77.7. The first-order chi connectivity index (χ1) is 21.0. The monoisotopic (exact) mass is 615 g/mol. The molecule has 1 heterocycles. The molecule has 0 bridgehead atoms. The molecule has 0 unspecified atom stereocenters. The van der Waals surface area contributed by atoms with E-state index in [1.807, 2.05) is 44.2 Å². The van der Waals surface area contributed by atoms with E-state index in [1.54, 1.807) is 0 Å². The minimum absolute atomic E-state index is 0.0153. The Kier molecular flexibility index (Phi) is 15.9. The van der Waals surface area contributed by atoms with Crippen LogP contribution in [0.1, 0.15) is 71.3 Å². The third-order valence-electron chi connectivity index (χ3n) is 7.19. The highest BCUT2D eigenvalue weighted by Gasteiger charge is 2.31. The van der Waals surface area contributed by atoms with Crippen molar-refractivity contribution in [1.29, 1.82) is 0 Å². The molecule has 0 saturated carbocycles. The van der Waals surface area contributed by atoms with E-state index in [0.29, 0.717) is 45.2 Å². The van der Waals surface area contributed by atoms with E-state index < -0.39 is 47.8 Å². The van der Waals surface area contributed by atoms with Gasteiger partial charge in [-0.1, -0.05) is 44.2 Å². The molecule has 2 rings (SSSR count). The number of nitrogens with one attached hydrogen (secondary N) is 6. The number of carbonyl (C=O) groups is 6. The number of rotatable bonds is 11. The smallest absolute Gasteiger partial charge is 0.243 e. The molecule has 1 fully saturated rings. The Morgan fingerprint density at radius 3 is 2.30 bits per heavy atom. The zero-order chi connectivity index (χ0) is 32.5. The summed E-state index contributed by atoms with van der Waals surface area (Å²) >= 11 is 0. The maximum absolute atomic E-state index is 13.6. The van der Waals surface area contributed by atoms with E-state index in [1.165, 1.54) is 6.92 Å². The molecule has 1 aliphatic rings. The predicted octanol–water partition coefficient (Wildman–Crippen LogP) is -0.220. The lowest BCUT2D eigenvalue weighted by atomic mass is 10.00. The Hall–Kier alpha value is -4.00. The van der Waals surface area contributed by atoms with E-state index in [9.17, 15) is 28.8 Å². The third kappa shape index (κ3) is 13.5. The van der Waals surface area contributed by atoms with Crippen LogP contribution in [-0.2, 0) is 35.2 Å². The summed E-state index contributed by atoms with van der Waals surface area (Å²) in [6.45, 7) is 5.64. The molecule has 1 aliphatic heterocycles. The van der Waals surface area contributed by atoms with Crippen LogP contribution < -0.4 is 37.6 Å². The average Bonchev–Trinajstić information content (AvgIpc) is 2.97. The maximum Gasteiger partial charge on any atom is 0.243 e. The zero-order valence-corrected chi connectivity index (χ0v) is 26.1. The van der Waals surface area contributed by atoms with Gasteiger partial charge in [-0.2, -0.15) is 0 Å². The Bertz CT molecular complexity index is 1110. The van der Waals surface area contributed by atoms with Gasteiger partial charge in [0.05, 0.1) is 6.54 Å². The van der Waals surface area contributed by atoms with Gasteiger partial charge in [-0.3, -0.25) is 28.8 Å². The first kappa shape index (κ1) is 36.2. The second-order valence-corrected chi connectivity index (χ2v) is 11.6. The Morgan fingerprint density at radius 1 is 0.932 bits per heavy atom. The van der Waals surface area contributed by atoms with Crippen LogP contribution in [0, 0.1) is 5.92 Å². The molecule has 8 N–H and O–H groups in total. The lowest BCUT2D eigenvalue weighted by molar-refractivity contribution is -0.135. The van der Waals surface area contributed by atoms with Crippen LogP contribution in [0.4, 0.5) is 0 Å². The second-order valence-electron chi connectivity index (χ2n) is 11.6. The van der Waals surface area contributed by atoms with Crippen LogP contribution in [0.15, 0.2) is 30.3 Å². The van der Waals surface area contributed by atoms with Crippen molar-refractivity contribution in [3.63, 3.8) is 0 Å². The maximum atomic E-state index is 13.6. The van der Waals surface area contributed by atoms with Crippen LogP contribution in [0.3, 0.4) is 0 Å². The van der Waals surface area contributed by atoms with Gasteiger partial charge >= 0.3 is 0 Å². The number of hydrogen-bond donors (Lipinski definition) is 7. The summed E-state index contributed by atoms with van der Waals surface area (Å²) in [5, 5.41) is 16.3. The molecule has 1 saturated heterocycles. The molecule has 0 radical (unpaired) electrons. The Labute approximate surface area is 259 Å². The van der Waals surface area contributed by atoms with Crippen LogP contribution in [0.25, 0.3) is 0 Å². The molecule has 0 aliphatic carbocycles. The fourth-order valence-corrected chi connectivity index (χ4v) is 4.91. The molecule has 44 heavy (non-hydrogen) atoms. The highest BCUT2D eigenvalue weighted by molar-refractivity contribution is 5.96. The van der Waals surface area contributed by atoms with Crippen molar-refractivity contribution in [2.45, 2.75) is 96.3 Å². The van der Waals surface area contributed by atoms with Crippen molar-refractivity contribution < 1.29 is 28.8 Å². The number of nitrogens with two attached hydrogens (primary N) is 1. The van der Waals surface area contributed by atoms with E-state index in [2.05, 4.69) is 31.9 Å². The van der Waals surface area contributed by atoms with E-state index in [0.717, 1.165) is 5.56 Å².